The zero-order chi connectivity index (χ0) is 9.26. The third-order valence-corrected chi connectivity index (χ3v) is 2.79. The first-order valence-corrected chi connectivity index (χ1v) is 5.12. The van der Waals surface area contributed by atoms with Gasteiger partial charge in [-0.3, -0.25) is 0 Å². The fourth-order valence-corrected chi connectivity index (χ4v) is 1.85. The molecule has 2 unspecified atom stereocenters. The molecule has 0 amide bonds. The van der Waals surface area contributed by atoms with Crippen molar-refractivity contribution < 1.29 is 0 Å². The van der Waals surface area contributed by atoms with Gasteiger partial charge in [-0.25, -0.2) is 0 Å². The second-order valence-corrected chi connectivity index (χ2v) is 3.93. The van der Waals surface area contributed by atoms with Crippen LogP contribution in [0, 0.1) is 11.8 Å². The molecule has 2 aliphatic rings. The van der Waals surface area contributed by atoms with E-state index in [0.29, 0.717) is 0 Å². The Bertz CT molecular complexity index is 283. The highest BCUT2D eigenvalue weighted by molar-refractivity contribution is 5.44. The lowest BCUT2D eigenvalue weighted by atomic mass is 9.99. The largest absolute Gasteiger partial charge is 0.391 e. The van der Waals surface area contributed by atoms with Gasteiger partial charge in [-0.15, -0.1) is 0 Å². The molecule has 0 heterocycles. The standard InChI is InChI=1S/C12H17N/c1-3-13-5-4-10-7-12-8-11(12)6-9(10)2/h4-7,11-13H,3,8H2,1-2H3/b5-4-. The minimum Gasteiger partial charge on any atom is -0.391 e. The molecule has 2 rings (SSSR count). The summed E-state index contributed by atoms with van der Waals surface area (Å²) < 4.78 is 0. The van der Waals surface area contributed by atoms with E-state index >= 15 is 0 Å². The molecular weight excluding hydrogens is 158 g/mol. The highest BCUT2D eigenvalue weighted by atomic mass is 14.8. The molecule has 0 aromatic carbocycles. The van der Waals surface area contributed by atoms with Crippen LogP contribution in [-0.2, 0) is 0 Å². The predicted octanol–water partition coefficient (Wildman–Crippen LogP) is 2.63. The molecule has 0 aromatic heterocycles. The van der Waals surface area contributed by atoms with Crippen LogP contribution in [0.5, 0.6) is 0 Å². The number of nitrogens with one attached hydrogen (secondary N) is 1. The fourth-order valence-electron chi connectivity index (χ4n) is 1.85. The predicted molar refractivity (Wildman–Crippen MR) is 56.3 cm³/mol. The van der Waals surface area contributed by atoms with Gasteiger partial charge in [-0.05, 0) is 55.5 Å². The lowest BCUT2D eigenvalue weighted by Gasteiger charge is -2.07. The summed E-state index contributed by atoms with van der Waals surface area (Å²) in [5, 5.41) is 3.20. The fraction of sp³-hybridized carbons (Fsp3) is 0.500. The maximum absolute atomic E-state index is 3.20. The van der Waals surface area contributed by atoms with Gasteiger partial charge in [0.05, 0.1) is 0 Å². The van der Waals surface area contributed by atoms with Gasteiger partial charge >= 0.3 is 0 Å². The minimum atomic E-state index is 0.852. The Morgan fingerprint density at radius 1 is 1.46 bits per heavy atom. The Kier molecular flexibility index (Phi) is 2.26. The van der Waals surface area contributed by atoms with E-state index in [4.69, 9.17) is 0 Å². The summed E-state index contributed by atoms with van der Waals surface area (Å²) >= 11 is 0. The maximum Gasteiger partial charge on any atom is 0.0113 e. The van der Waals surface area contributed by atoms with E-state index in [2.05, 4.69) is 37.4 Å². The quantitative estimate of drug-likeness (QED) is 0.695. The van der Waals surface area contributed by atoms with Crippen molar-refractivity contribution in [3.8, 4) is 0 Å². The van der Waals surface area contributed by atoms with Crippen molar-refractivity contribution in [3.05, 3.63) is 35.6 Å². The third-order valence-electron chi connectivity index (χ3n) is 2.79. The van der Waals surface area contributed by atoms with Gasteiger partial charge in [0.15, 0.2) is 0 Å². The van der Waals surface area contributed by atoms with Gasteiger partial charge in [0.25, 0.3) is 0 Å². The Morgan fingerprint density at radius 3 is 3.00 bits per heavy atom. The summed E-state index contributed by atoms with van der Waals surface area (Å²) in [7, 11) is 0. The van der Waals surface area contributed by atoms with Crippen molar-refractivity contribution in [3.63, 3.8) is 0 Å². The molecule has 1 saturated carbocycles. The molecule has 0 aliphatic heterocycles. The van der Waals surface area contributed by atoms with Crippen molar-refractivity contribution in [1.82, 2.24) is 5.32 Å². The average Bonchev–Trinajstić information content (AvgIpc) is 2.83. The Hall–Kier alpha value is -0.980. The van der Waals surface area contributed by atoms with Crippen LogP contribution in [0.1, 0.15) is 20.3 Å². The molecule has 1 nitrogen and oxygen atoms in total. The lowest BCUT2D eigenvalue weighted by molar-refractivity contribution is 0.913. The molecule has 0 saturated heterocycles. The van der Waals surface area contributed by atoms with Gasteiger partial charge in [-0.2, -0.15) is 0 Å². The van der Waals surface area contributed by atoms with Crippen molar-refractivity contribution >= 4 is 0 Å². The molecule has 70 valence electrons. The zero-order valence-electron chi connectivity index (χ0n) is 8.38. The summed E-state index contributed by atoms with van der Waals surface area (Å²) in [5.41, 5.74) is 2.84. The van der Waals surface area contributed by atoms with E-state index in [1.165, 1.54) is 17.6 Å². The third kappa shape index (κ3) is 1.85. The zero-order valence-corrected chi connectivity index (χ0v) is 8.38. The number of fused-ring (bicyclic) bond motifs is 1. The second-order valence-electron chi connectivity index (χ2n) is 3.93. The Morgan fingerprint density at radius 2 is 2.23 bits per heavy atom. The van der Waals surface area contributed by atoms with Gasteiger partial charge in [0.2, 0.25) is 0 Å². The normalized spacial score (nSPS) is 30.9. The Balaban J connectivity index is 2.02. The van der Waals surface area contributed by atoms with Crippen LogP contribution < -0.4 is 5.32 Å². The molecule has 13 heavy (non-hydrogen) atoms. The van der Waals surface area contributed by atoms with Gasteiger partial charge in [-0.1, -0.05) is 12.2 Å². The molecule has 0 radical (unpaired) electrons. The molecule has 0 spiro atoms. The van der Waals surface area contributed by atoms with E-state index in [1.54, 1.807) is 0 Å². The first kappa shape index (κ1) is 8.61. The molecule has 2 aliphatic carbocycles. The van der Waals surface area contributed by atoms with Crippen molar-refractivity contribution in [2.45, 2.75) is 20.3 Å². The van der Waals surface area contributed by atoms with Crippen LogP contribution >= 0.6 is 0 Å². The van der Waals surface area contributed by atoms with Crippen molar-refractivity contribution in [2.24, 2.45) is 11.8 Å². The topological polar surface area (TPSA) is 12.0 Å². The summed E-state index contributed by atoms with van der Waals surface area (Å²) in [4.78, 5) is 0. The molecular formula is C12H17N. The van der Waals surface area contributed by atoms with E-state index in [1.807, 2.05) is 6.20 Å². The number of hydrogen-bond donors (Lipinski definition) is 1. The summed E-state index contributed by atoms with van der Waals surface area (Å²) in [5.74, 6) is 1.72. The number of allylic oxidation sites excluding steroid dienone is 5. The summed E-state index contributed by atoms with van der Waals surface area (Å²) in [6.07, 6.45) is 10.4. The van der Waals surface area contributed by atoms with E-state index in [0.717, 1.165) is 18.4 Å². The molecule has 1 heteroatoms. The molecule has 1 fully saturated rings. The van der Waals surface area contributed by atoms with Gasteiger partial charge < -0.3 is 5.32 Å². The highest BCUT2D eigenvalue weighted by Crippen LogP contribution is 2.46. The number of rotatable bonds is 3. The molecule has 0 bridgehead atoms. The van der Waals surface area contributed by atoms with Crippen LogP contribution in [0.2, 0.25) is 0 Å². The minimum absolute atomic E-state index is 0.852. The highest BCUT2D eigenvalue weighted by Gasteiger charge is 2.35. The molecule has 2 atom stereocenters. The van der Waals surface area contributed by atoms with Crippen molar-refractivity contribution in [1.29, 1.82) is 0 Å². The number of hydrogen-bond acceptors (Lipinski definition) is 1. The van der Waals surface area contributed by atoms with Crippen LogP contribution in [0.3, 0.4) is 0 Å². The van der Waals surface area contributed by atoms with E-state index in [9.17, 15) is 0 Å². The van der Waals surface area contributed by atoms with Crippen LogP contribution in [0.15, 0.2) is 35.6 Å². The smallest absolute Gasteiger partial charge is 0.0113 e. The summed E-state index contributed by atoms with van der Waals surface area (Å²) in [6, 6.07) is 0. The van der Waals surface area contributed by atoms with E-state index in [-0.39, 0.29) is 0 Å². The van der Waals surface area contributed by atoms with Gasteiger partial charge in [0, 0.05) is 6.54 Å². The van der Waals surface area contributed by atoms with Crippen LogP contribution in [0.25, 0.3) is 0 Å². The van der Waals surface area contributed by atoms with Crippen LogP contribution in [-0.4, -0.2) is 6.54 Å². The van der Waals surface area contributed by atoms with Gasteiger partial charge in [0.1, 0.15) is 0 Å². The molecule has 0 aromatic rings. The first-order chi connectivity index (χ1) is 6.31. The first-order valence-electron chi connectivity index (χ1n) is 5.12. The second kappa shape index (κ2) is 3.41. The van der Waals surface area contributed by atoms with Crippen molar-refractivity contribution in [2.75, 3.05) is 6.54 Å². The molecule has 1 N–H and O–H groups in total. The summed E-state index contributed by atoms with van der Waals surface area (Å²) in [6.45, 7) is 5.31. The SMILES string of the molecule is CCN/C=C\C1=CC2CC2C=C1C. The lowest BCUT2D eigenvalue weighted by Crippen LogP contribution is -2.02. The van der Waals surface area contributed by atoms with Crippen LogP contribution in [0.4, 0.5) is 0 Å². The monoisotopic (exact) mass is 175 g/mol. The maximum atomic E-state index is 3.20. The average molecular weight is 175 g/mol. The Labute approximate surface area is 80.2 Å². The van der Waals surface area contributed by atoms with E-state index < -0.39 is 0 Å².